The van der Waals surface area contributed by atoms with E-state index in [-0.39, 0.29) is 0 Å². The summed E-state index contributed by atoms with van der Waals surface area (Å²) in [5, 5.41) is 3.22. The Morgan fingerprint density at radius 2 is 1.95 bits per heavy atom. The largest absolute Gasteiger partial charge is 0.487 e. The van der Waals surface area contributed by atoms with Gasteiger partial charge < -0.3 is 10.1 Å². The van der Waals surface area contributed by atoms with Crippen molar-refractivity contribution in [3.8, 4) is 5.75 Å². The fraction of sp³-hybridized carbons (Fsp3) is 0.389. The molecule has 0 bridgehead atoms. The lowest BCUT2D eigenvalue weighted by molar-refractivity contribution is 0.301. The number of ether oxygens (including phenoxy) is 1. The molecule has 1 heterocycles. The molecule has 110 valence electrons. The molecule has 3 heteroatoms. The van der Waals surface area contributed by atoms with Crippen LogP contribution < -0.4 is 10.1 Å². The van der Waals surface area contributed by atoms with Gasteiger partial charge in [0.15, 0.2) is 0 Å². The summed E-state index contributed by atoms with van der Waals surface area (Å²) in [7, 11) is 0. The highest BCUT2D eigenvalue weighted by atomic mass is 16.5. The van der Waals surface area contributed by atoms with Crippen LogP contribution in [0, 0.1) is 0 Å². The van der Waals surface area contributed by atoms with E-state index in [4.69, 9.17) is 4.74 Å². The van der Waals surface area contributed by atoms with E-state index in [0.717, 1.165) is 23.8 Å². The van der Waals surface area contributed by atoms with E-state index in [1.165, 1.54) is 36.8 Å². The van der Waals surface area contributed by atoms with Gasteiger partial charge in [-0.15, -0.1) is 0 Å². The Balaban J connectivity index is 1.66. The minimum Gasteiger partial charge on any atom is -0.487 e. The Morgan fingerprint density at radius 3 is 2.81 bits per heavy atom. The topological polar surface area (TPSA) is 34.1 Å². The molecule has 0 spiro atoms. The molecular weight excluding hydrogens is 260 g/mol. The van der Waals surface area contributed by atoms with Crippen molar-refractivity contribution in [2.24, 2.45) is 0 Å². The second-order valence-electron chi connectivity index (χ2n) is 5.47. The lowest BCUT2D eigenvalue weighted by Crippen LogP contribution is -2.05. The number of nitrogens with one attached hydrogen (secondary N) is 1. The van der Waals surface area contributed by atoms with E-state index in [1.807, 2.05) is 18.2 Å². The molecule has 0 radical (unpaired) electrons. The molecule has 0 atom stereocenters. The van der Waals surface area contributed by atoms with Gasteiger partial charge in [-0.1, -0.05) is 12.1 Å². The molecule has 0 saturated carbocycles. The summed E-state index contributed by atoms with van der Waals surface area (Å²) < 4.78 is 5.90. The number of pyridine rings is 1. The highest BCUT2D eigenvalue weighted by Crippen LogP contribution is 2.25. The number of benzene rings is 1. The van der Waals surface area contributed by atoms with E-state index < -0.39 is 0 Å². The van der Waals surface area contributed by atoms with Crippen molar-refractivity contribution in [3.63, 3.8) is 0 Å². The molecule has 21 heavy (non-hydrogen) atoms. The minimum atomic E-state index is 0.512. The van der Waals surface area contributed by atoms with Gasteiger partial charge in [0.25, 0.3) is 0 Å². The van der Waals surface area contributed by atoms with Gasteiger partial charge in [0.05, 0.1) is 5.69 Å². The summed E-state index contributed by atoms with van der Waals surface area (Å²) in [4.78, 5) is 4.53. The average molecular weight is 282 g/mol. The van der Waals surface area contributed by atoms with E-state index in [9.17, 15) is 0 Å². The summed E-state index contributed by atoms with van der Waals surface area (Å²) >= 11 is 0. The molecule has 1 aromatic carbocycles. The van der Waals surface area contributed by atoms with Gasteiger partial charge in [0, 0.05) is 6.54 Å². The molecular formula is C18H22N2O. The number of anilines is 1. The molecule has 3 nitrogen and oxygen atoms in total. The van der Waals surface area contributed by atoms with Crippen molar-refractivity contribution >= 4 is 5.82 Å². The maximum Gasteiger partial charge on any atom is 0.130 e. The molecule has 0 saturated heterocycles. The fourth-order valence-electron chi connectivity index (χ4n) is 2.80. The number of nitrogens with zero attached hydrogens (tertiary/aromatic N) is 1. The zero-order valence-corrected chi connectivity index (χ0v) is 12.6. The first-order valence-corrected chi connectivity index (χ1v) is 7.79. The minimum absolute atomic E-state index is 0.512. The van der Waals surface area contributed by atoms with E-state index in [2.05, 4.69) is 35.4 Å². The second-order valence-corrected chi connectivity index (χ2v) is 5.47. The number of hydrogen-bond donors (Lipinski definition) is 1. The van der Waals surface area contributed by atoms with Gasteiger partial charge in [-0.05, 0) is 68.0 Å². The quantitative estimate of drug-likeness (QED) is 0.901. The Bertz CT molecular complexity index is 610. The van der Waals surface area contributed by atoms with Gasteiger partial charge in [-0.2, -0.15) is 0 Å². The zero-order chi connectivity index (χ0) is 14.5. The lowest BCUT2D eigenvalue weighted by atomic mass is 9.92. The summed E-state index contributed by atoms with van der Waals surface area (Å²) in [6, 6.07) is 12.5. The molecule has 1 N–H and O–H groups in total. The summed E-state index contributed by atoms with van der Waals surface area (Å²) in [5.41, 5.74) is 3.89. The molecule has 3 rings (SSSR count). The maximum absolute atomic E-state index is 5.90. The first-order valence-electron chi connectivity index (χ1n) is 7.79. The Morgan fingerprint density at radius 1 is 1.10 bits per heavy atom. The summed E-state index contributed by atoms with van der Waals surface area (Å²) in [6.07, 6.45) is 5.00. The van der Waals surface area contributed by atoms with Crippen molar-refractivity contribution in [3.05, 3.63) is 53.2 Å². The fourth-order valence-corrected chi connectivity index (χ4v) is 2.80. The molecule has 0 aliphatic heterocycles. The van der Waals surface area contributed by atoms with Crippen LogP contribution >= 0.6 is 0 Å². The van der Waals surface area contributed by atoms with Crippen molar-refractivity contribution in [1.82, 2.24) is 4.98 Å². The molecule has 2 aromatic rings. The molecule has 0 unspecified atom stereocenters. The third-order valence-electron chi connectivity index (χ3n) is 3.87. The van der Waals surface area contributed by atoms with Gasteiger partial charge in [-0.25, -0.2) is 4.98 Å². The second kappa shape index (κ2) is 6.61. The van der Waals surface area contributed by atoms with Crippen molar-refractivity contribution in [1.29, 1.82) is 0 Å². The number of aromatic nitrogens is 1. The third kappa shape index (κ3) is 3.54. The van der Waals surface area contributed by atoms with Crippen LogP contribution in [0.2, 0.25) is 0 Å². The number of rotatable bonds is 5. The van der Waals surface area contributed by atoms with Crippen molar-refractivity contribution < 1.29 is 4.74 Å². The summed E-state index contributed by atoms with van der Waals surface area (Å²) in [5.74, 6) is 1.86. The number of aryl methyl sites for hydroxylation is 2. The van der Waals surface area contributed by atoms with Gasteiger partial charge in [0.1, 0.15) is 18.2 Å². The SMILES string of the molecule is CCNc1cccc(COc2ccc3c(c2)CCCC3)n1. The van der Waals surface area contributed by atoms with Crippen LogP contribution in [0.3, 0.4) is 0 Å². The van der Waals surface area contributed by atoms with E-state index >= 15 is 0 Å². The van der Waals surface area contributed by atoms with Crippen LogP contribution in [0.25, 0.3) is 0 Å². The Hall–Kier alpha value is -2.03. The maximum atomic E-state index is 5.90. The normalized spacial score (nSPS) is 13.6. The molecule has 0 amide bonds. The zero-order valence-electron chi connectivity index (χ0n) is 12.6. The van der Waals surface area contributed by atoms with Gasteiger partial charge >= 0.3 is 0 Å². The van der Waals surface area contributed by atoms with Gasteiger partial charge in [-0.3, -0.25) is 0 Å². The van der Waals surface area contributed by atoms with Gasteiger partial charge in [0.2, 0.25) is 0 Å². The van der Waals surface area contributed by atoms with Crippen LogP contribution in [0.1, 0.15) is 36.6 Å². The monoisotopic (exact) mass is 282 g/mol. The Kier molecular flexibility index (Phi) is 4.39. The average Bonchev–Trinajstić information content (AvgIpc) is 2.53. The molecule has 1 aliphatic carbocycles. The number of hydrogen-bond acceptors (Lipinski definition) is 3. The lowest BCUT2D eigenvalue weighted by Gasteiger charge is -2.16. The van der Waals surface area contributed by atoms with Crippen molar-refractivity contribution in [2.45, 2.75) is 39.2 Å². The van der Waals surface area contributed by atoms with Crippen LogP contribution in [0.4, 0.5) is 5.82 Å². The highest BCUT2D eigenvalue weighted by molar-refractivity contribution is 5.38. The van der Waals surface area contributed by atoms with Crippen LogP contribution in [-0.4, -0.2) is 11.5 Å². The predicted octanol–water partition coefficient (Wildman–Crippen LogP) is 3.97. The molecule has 1 aromatic heterocycles. The predicted molar refractivity (Wildman–Crippen MR) is 85.8 cm³/mol. The van der Waals surface area contributed by atoms with E-state index in [0.29, 0.717) is 6.61 Å². The van der Waals surface area contributed by atoms with Crippen molar-refractivity contribution in [2.75, 3.05) is 11.9 Å². The first-order chi connectivity index (χ1) is 10.3. The molecule has 1 aliphatic rings. The van der Waals surface area contributed by atoms with Crippen LogP contribution in [0.15, 0.2) is 36.4 Å². The Labute approximate surface area is 126 Å². The van der Waals surface area contributed by atoms with Crippen LogP contribution in [0.5, 0.6) is 5.75 Å². The summed E-state index contributed by atoms with van der Waals surface area (Å²) in [6.45, 7) is 3.46. The van der Waals surface area contributed by atoms with E-state index in [1.54, 1.807) is 0 Å². The standard InChI is InChI=1S/C18H22N2O/c1-2-19-18-9-5-8-16(20-18)13-21-17-11-10-14-6-3-4-7-15(14)12-17/h5,8-12H,2-4,6-7,13H2,1H3,(H,19,20). The molecule has 0 fully saturated rings. The third-order valence-corrected chi connectivity index (χ3v) is 3.87. The van der Waals surface area contributed by atoms with Crippen LogP contribution in [-0.2, 0) is 19.4 Å². The highest BCUT2D eigenvalue weighted by Gasteiger charge is 2.10. The first kappa shape index (κ1) is 13.9. The number of fused-ring (bicyclic) bond motifs is 1. The smallest absolute Gasteiger partial charge is 0.130 e.